The van der Waals surface area contributed by atoms with Crippen molar-refractivity contribution in [2.45, 2.75) is 24.0 Å². The number of anilines is 2. The Hall–Kier alpha value is -5.19. The molecule has 0 bridgehead atoms. The Morgan fingerprint density at radius 2 is 1.57 bits per heavy atom. The number of nitrogens with one attached hydrogen (secondary N) is 3. The molecule has 0 fully saturated rings. The zero-order valence-corrected chi connectivity index (χ0v) is 27.1. The number of aromatic nitrogens is 1. The molecular formula is C36H32N4O4S2. The second kappa shape index (κ2) is 15.2. The minimum absolute atomic E-state index is 0.109. The first-order valence-electron chi connectivity index (χ1n) is 14.4. The van der Waals surface area contributed by atoms with Gasteiger partial charge in [-0.2, -0.15) is 0 Å². The SMILES string of the molecule is COc1ccccc1-c1csc(NC(=O)C(C)Sc2ccc(NC(=O)/C(=C/c3ccc(C)cc3)NC(=O)c3ccccc3)cc2)n1. The molecular weight excluding hydrogens is 617 g/mol. The molecule has 0 aliphatic rings. The van der Waals surface area contributed by atoms with Crippen LogP contribution >= 0.6 is 23.1 Å². The van der Waals surface area contributed by atoms with Crippen LogP contribution in [0.2, 0.25) is 0 Å². The van der Waals surface area contributed by atoms with E-state index in [4.69, 9.17) is 4.74 Å². The van der Waals surface area contributed by atoms with E-state index in [0.29, 0.717) is 22.1 Å². The lowest BCUT2D eigenvalue weighted by molar-refractivity contribution is -0.115. The number of carbonyl (C=O) groups is 3. The lowest BCUT2D eigenvalue weighted by Gasteiger charge is -2.13. The molecule has 5 rings (SSSR count). The Balaban J connectivity index is 1.21. The quantitative estimate of drug-likeness (QED) is 0.100. The zero-order chi connectivity index (χ0) is 32.5. The Bertz CT molecular complexity index is 1850. The van der Waals surface area contributed by atoms with Crippen molar-refractivity contribution < 1.29 is 19.1 Å². The fraction of sp³-hybridized carbons (Fsp3) is 0.111. The van der Waals surface area contributed by atoms with Crippen molar-refractivity contribution in [2.24, 2.45) is 0 Å². The van der Waals surface area contributed by atoms with E-state index in [1.807, 2.05) is 86.0 Å². The monoisotopic (exact) mass is 648 g/mol. The number of amides is 3. The number of benzene rings is 4. The van der Waals surface area contributed by atoms with E-state index in [9.17, 15) is 14.4 Å². The first-order valence-corrected chi connectivity index (χ1v) is 16.2. The average molecular weight is 649 g/mol. The Morgan fingerprint density at radius 3 is 2.28 bits per heavy atom. The predicted molar refractivity (Wildman–Crippen MR) is 186 cm³/mol. The van der Waals surface area contributed by atoms with Crippen LogP contribution in [-0.2, 0) is 9.59 Å². The van der Waals surface area contributed by atoms with Gasteiger partial charge in [0.2, 0.25) is 5.91 Å². The molecule has 10 heteroatoms. The van der Waals surface area contributed by atoms with Crippen LogP contribution < -0.4 is 20.7 Å². The molecule has 0 saturated heterocycles. The number of thiazole rings is 1. The maximum atomic E-state index is 13.3. The number of ether oxygens (including phenoxy) is 1. The minimum Gasteiger partial charge on any atom is -0.496 e. The highest BCUT2D eigenvalue weighted by Crippen LogP contribution is 2.32. The topological polar surface area (TPSA) is 109 Å². The number of thioether (sulfide) groups is 1. The van der Waals surface area contributed by atoms with Crippen molar-refractivity contribution in [2.75, 3.05) is 17.7 Å². The third-order valence-electron chi connectivity index (χ3n) is 6.83. The molecule has 3 N–H and O–H groups in total. The van der Waals surface area contributed by atoms with Gasteiger partial charge in [0.1, 0.15) is 11.4 Å². The molecule has 0 spiro atoms. The van der Waals surface area contributed by atoms with Crippen molar-refractivity contribution in [3.8, 4) is 17.0 Å². The van der Waals surface area contributed by atoms with E-state index in [-0.39, 0.29) is 17.5 Å². The third-order valence-corrected chi connectivity index (χ3v) is 8.70. The second-order valence-corrected chi connectivity index (χ2v) is 12.5. The molecule has 1 heterocycles. The summed E-state index contributed by atoms with van der Waals surface area (Å²) in [6.45, 7) is 3.80. The van der Waals surface area contributed by atoms with Crippen LogP contribution in [0, 0.1) is 6.92 Å². The summed E-state index contributed by atoms with van der Waals surface area (Å²) in [7, 11) is 1.61. The van der Waals surface area contributed by atoms with Crippen molar-refractivity contribution in [3.63, 3.8) is 0 Å². The van der Waals surface area contributed by atoms with Gasteiger partial charge >= 0.3 is 0 Å². The molecule has 232 valence electrons. The summed E-state index contributed by atoms with van der Waals surface area (Å²) in [4.78, 5) is 44.6. The fourth-order valence-electron chi connectivity index (χ4n) is 4.36. The van der Waals surface area contributed by atoms with Gasteiger partial charge in [-0.15, -0.1) is 23.1 Å². The number of methoxy groups -OCH3 is 1. The molecule has 46 heavy (non-hydrogen) atoms. The van der Waals surface area contributed by atoms with E-state index in [0.717, 1.165) is 27.3 Å². The van der Waals surface area contributed by atoms with Crippen LogP contribution in [0.4, 0.5) is 10.8 Å². The van der Waals surface area contributed by atoms with Crippen LogP contribution in [0.25, 0.3) is 17.3 Å². The molecule has 4 aromatic carbocycles. The number of hydrogen-bond acceptors (Lipinski definition) is 7. The molecule has 1 atom stereocenters. The standard InChI is InChI=1S/C36H32N4O4S2/c1-23-13-15-25(16-14-23)21-30(38-34(42)26-9-5-4-6-10-26)35(43)37-27-17-19-28(20-18-27)46-24(2)33(41)40-36-39-31(22-45-36)29-11-7-8-12-32(29)44-3/h4-22,24H,1-3H3,(H,37,43)(H,38,42)(H,39,40,41)/b30-21-. The molecule has 0 saturated carbocycles. The zero-order valence-electron chi connectivity index (χ0n) is 25.4. The number of aryl methyl sites for hydroxylation is 1. The summed E-state index contributed by atoms with van der Waals surface area (Å²) in [5.41, 5.74) is 4.54. The summed E-state index contributed by atoms with van der Waals surface area (Å²) >= 11 is 2.74. The number of carbonyl (C=O) groups excluding carboxylic acids is 3. The Morgan fingerprint density at radius 1 is 0.870 bits per heavy atom. The lowest BCUT2D eigenvalue weighted by atomic mass is 10.1. The lowest BCUT2D eigenvalue weighted by Crippen LogP contribution is -2.30. The van der Waals surface area contributed by atoms with E-state index in [1.165, 1.54) is 23.1 Å². The molecule has 5 aromatic rings. The van der Waals surface area contributed by atoms with Crippen LogP contribution in [0.15, 0.2) is 119 Å². The summed E-state index contributed by atoms with van der Waals surface area (Å²) in [6, 6.07) is 31.1. The Labute approximate surface area is 275 Å². The number of hydrogen-bond donors (Lipinski definition) is 3. The van der Waals surface area contributed by atoms with Gasteiger partial charge in [0, 0.05) is 27.1 Å². The minimum atomic E-state index is -0.464. The van der Waals surface area contributed by atoms with Gasteiger partial charge in [-0.1, -0.05) is 60.2 Å². The van der Waals surface area contributed by atoms with Crippen molar-refractivity contribution in [1.29, 1.82) is 0 Å². The summed E-state index contributed by atoms with van der Waals surface area (Å²) < 4.78 is 5.43. The average Bonchev–Trinajstić information content (AvgIpc) is 3.54. The highest BCUT2D eigenvalue weighted by molar-refractivity contribution is 8.00. The van der Waals surface area contributed by atoms with Gasteiger partial charge in [0.05, 0.1) is 18.1 Å². The maximum absolute atomic E-state index is 13.3. The fourth-order valence-corrected chi connectivity index (χ4v) is 5.94. The van der Waals surface area contributed by atoms with Gasteiger partial charge in [-0.05, 0) is 74.0 Å². The smallest absolute Gasteiger partial charge is 0.272 e. The van der Waals surface area contributed by atoms with Crippen LogP contribution in [0.5, 0.6) is 5.75 Å². The highest BCUT2D eigenvalue weighted by Gasteiger charge is 2.18. The molecule has 0 radical (unpaired) electrons. The van der Waals surface area contributed by atoms with E-state index >= 15 is 0 Å². The van der Waals surface area contributed by atoms with Gasteiger partial charge in [-0.25, -0.2) is 4.98 Å². The highest BCUT2D eigenvalue weighted by atomic mass is 32.2. The van der Waals surface area contributed by atoms with Crippen molar-refractivity contribution in [1.82, 2.24) is 10.3 Å². The van der Waals surface area contributed by atoms with Crippen molar-refractivity contribution in [3.05, 3.63) is 131 Å². The maximum Gasteiger partial charge on any atom is 0.272 e. The van der Waals surface area contributed by atoms with Gasteiger partial charge < -0.3 is 20.7 Å². The molecule has 1 aromatic heterocycles. The molecule has 8 nitrogen and oxygen atoms in total. The number of nitrogens with zero attached hydrogens (tertiary/aromatic N) is 1. The Kier molecular flexibility index (Phi) is 10.6. The van der Waals surface area contributed by atoms with Crippen LogP contribution in [-0.4, -0.2) is 35.1 Å². The largest absolute Gasteiger partial charge is 0.496 e. The molecule has 3 amide bonds. The normalized spacial score (nSPS) is 11.8. The summed E-state index contributed by atoms with van der Waals surface area (Å²) in [5, 5.41) is 10.5. The number of rotatable bonds is 11. The first kappa shape index (κ1) is 32.2. The van der Waals surface area contributed by atoms with Gasteiger partial charge in [-0.3, -0.25) is 14.4 Å². The molecule has 1 unspecified atom stereocenters. The van der Waals surface area contributed by atoms with E-state index in [2.05, 4.69) is 20.9 Å². The van der Waals surface area contributed by atoms with Crippen LogP contribution in [0.3, 0.4) is 0 Å². The third kappa shape index (κ3) is 8.50. The van der Waals surface area contributed by atoms with Gasteiger partial charge in [0.25, 0.3) is 11.8 Å². The number of para-hydroxylation sites is 1. The second-order valence-electron chi connectivity index (χ2n) is 10.3. The van der Waals surface area contributed by atoms with Crippen LogP contribution in [0.1, 0.15) is 28.4 Å². The van der Waals surface area contributed by atoms with E-state index in [1.54, 1.807) is 49.6 Å². The van der Waals surface area contributed by atoms with Gasteiger partial charge in [0.15, 0.2) is 5.13 Å². The summed E-state index contributed by atoms with van der Waals surface area (Å²) in [6.07, 6.45) is 1.64. The summed E-state index contributed by atoms with van der Waals surface area (Å²) in [5.74, 6) is -0.316. The molecule has 0 aliphatic heterocycles. The predicted octanol–water partition coefficient (Wildman–Crippen LogP) is 7.66. The first-order chi connectivity index (χ1) is 22.3. The van der Waals surface area contributed by atoms with Crippen molar-refractivity contribution >= 4 is 57.7 Å². The van der Waals surface area contributed by atoms with E-state index < -0.39 is 11.2 Å². The molecule has 0 aliphatic carbocycles.